The molecule has 0 aromatic heterocycles. The van der Waals surface area contributed by atoms with Gasteiger partial charge in [-0.25, -0.2) is 8.42 Å². The smallest absolute Gasteiger partial charge is 0.266 e. The molecule has 142 valence electrons. The van der Waals surface area contributed by atoms with Crippen LogP contribution >= 0.6 is 35.6 Å². The number of carbonyl (C=O) groups excluding carboxylic acids is 2. The number of nitrogens with zero attached hydrogens (tertiary/aromatic N) is 1. The third kappa shape index (κ3) is 5.19. The summed E-state index contributed by atoms with van der Waals surface area (Å²) in [7, 11) is -3.23. The van der Waals surface area contributed by atoms with E-state index in [0.717, 1.165) is 11.0 Å². The Balaban J connectivity index is 1.57. The van der Waals surface area contributed by atoms with Crippen LogP contribution in [0.2, 0.25) is 5.02 Å². The largest absolute Gasteiger partial charge is 0.349 e. The molecular formula is C17H15ClN2O4S3. The highest BCUT2D eigenvalue weighted by Gasteiger charge is 2.32. The van der Waals surface area contributed by atoms with Crippen molar-refractivity contribution in [2.45, 2.75) is 12.5 Å². The minimum Gasteiger partial charge on any atom is -0.349 e. The van der Waals surface area contributed by atoms with E-state index in [1.54, 1.807) is 30.3 Å². The number of sulfone groups is 1. The fourth-order valence-corrected chi connectivity index (χ4v) is 5.23. The predicted molar refractivity (Wildman–Crippen MR) is 111 cm³/mol. The van der Waals surface area contributed by atoms with Gasteiger partial charge in [0.2, 0.25) is 5.91 Å². The van der Waals surface area contributed by atoms with Crippen molar-refractivity contribution in [2.75, 3.05) is 12.3 Å². The lowest BCUT2D eigenvalue weighted by atomic mass is 10.2. The van der Waals surface area contributed by atoms with Gasteiger partial charge in [0, 0.05) is 23.4 Å². The molecule has 2 heterocycles. The summed E-state index contributed by atoms with van der Waals surface area (Å²) in [6.45, 7) is 0.137. The highest BCUT2D eigenvalue weighted by Crippen LogP contribution is 2.32. The average molecular weight is 443 g/mol. The van der Waals surface area contributed by atoms with Crippen molar-refractivity contribution in [2.24, 2.45) is 0 Å². The molecule has 2 amide bonds. The summed E-state index contributed by atoms with van der Waals surface area (Å²) in [5.41, 5.74) is 0.826. The molecule has 1 N–H and O–H groups in total. The van der Waals surface area contributed by atoms with Gasteiger partial charge in [-0.3, -0.25) is 14.5 Å². The Bertz CT molecular complexity index is 955. The first kappa shape index (κ1) is 20.1. The van der Waals surface area contributed by atoms with Gasteiger partial charge in [0.1, 0.15) is 4.32 Å². The van der Waals surface area contributed by atoms with Gasteiger partial charge >= 0.3 is 0 Å². The molecule has 2 aliphatic rings. The van der Waals surface area contributed by atoms with Crippen molar-refractivity contribution < 1.29 is 18.0 Å². The van der Waals surface area contributed by atoms with Crippen LogP contribution in [-0.2, 0) is 19.4 Å². The van der Waals surface area contributed by atoms with Crippen molar-refractivity contribution in [1.29, 1.82) is 0 Å². The Hall–Kier alpha value is -1.68. The zero-order valence-corrected chi connectivity index (χ0v) is 17.1. The first-order valence-corrected chi connectivity index (χ1v) is 11.3. The van der Waals surface area contributed by atoms with Crippen molar-refractivity contribution in [3.63, 3.8) is 0 Å². The number of thioether (sulfide) groups is 1. The Morgan fingerprint density at radius 2 is 2.07 bits per heavy atom. The van der Waals surface area contributed by atoms with E-state index in [-0.39, 0.29) is 30.5 Å². The molecule has 0 radical (unpaired) electrons. The third-order valence-electron chi connectivity index (χ3n) is 3.88. The monoisotopic (exact) mass is 442 g/mol. The van der Waals surface area contributed by atoms with E-state index in [9.17, 15) is 18.0 Å². The van der Waals surface area contributed by atoms with E-state index in [4.69, 9.17) is 23.8 Å². The Kier molecular flexibility index (Phi) is 6.05. The molecule has 10 heteroatoms. The summed E-state index contributed by atoms with van der Waals surface area (Å²) in [5, 5.41) is 4.33. The van der Waals surface area contributed by atoms with E-state index >= 15 is 0 Å². The van der Waals surface area contributed by atoms with Gasteiger partial charge in [-0.2, -0.15) is 0 Å². The lowest BCUT2D eigenvalue weighted by Gasteiger charge is -2.15. The molecule has 6 nitrogen and oxygen atoms in total. The fraction of sp³-hybridized carbons (Fsp3) is 0.235. The summed E-state index contributed by atoms with van der Waals surface area (Å²) in [4.78, 5) is 26.4. The quantitative estimate of drug-likeness (QED) is 0.556. The molecule has 1 aromatic rings. The van der Waals surface area contributed by atoms with Crippen LogP contribution in [0.3, 0.4) is 0 Å². The second-order valence-corrected chi connectivity index (χ2v) is 10.0. The number of nitrogens with one attached hydrogen (secondary N) is 1. The number of thiocarbonyl (C=S) groups is 1. The summed E-state index contributed by atoms with van der Waals surface area (Å²) in [6, 6.07) is 6.53. The Morgan fingerprint density at radius 3 is 2.70 bits per heavy atom. The molecule has 27 heavy (non-hydrogen) atoms. The summed E-state index contributed by atoms with van der Waals surface area (Å²) < 4.78 is 23.1. The maximum atomic E-state index is 12.5. The number of amides is 2. The number of hydrogen-bond donors (Lipinski definition) is 1. The molecule has 0 spiro atoms. The molecular weight excluding hydrogens is 428 g/mol. The van der Waals surface area contributed by atoms with E-state index in [1.165, 1.54) is 22.7 Å². The number of rotatable bonds is 5. The zero-order chi connectivity index (χ0) is 19.6. The molecule has 1 aromatic carbocycles. The molecule has 3 rings (SSSR count). The van der Waals surface area contributed by atoms with Gasteiger partial charge < -0.3 is 5.32 Å². The van der Waals surface area contributed by atoms with E-state index in [1.807, 2.05) is 0 Å². The number of benzene rings is 1. The maximum absolute atomic E-state index is 12.5. The molecule has 0 unspecified atom stereocenters. The lowest BCUT2D eigenvalue weighted by molar-refractivity contribution is -0.124. The van der Waals surface area contributed by atoms with Crippen molar-refractivity contribution in [3.8, 4) is 0 Å². The zero-order valence-electron chi connectivity index (χ0n) is 13.9. The SMILES string of the molecule is O=C(CCN1C(=O)/C(=C/c2ccc(Cl)cc2)SC1=S)N[C@@H]1C=CS(=O)(=O)C1. The molecule has 1 atom stereocenters. The van der Waals surface area contributed by atoms with Crippen LogP contribution in [0.5, 0.6) is 0 Å². The third-order valence-corrected chi connectivity index (χ3v) is 6.91. The van der Waals surface area contributed by atoms with Crippen LogP contribution in [0.1, 0.15) is 12.0 Å². The van der Waals surface area contributed by atoms with Gasteiger partial charge in [0.25, 0.3) is 5.91 Å². The van der Waals surface area contributed by atoms with Crippen LogP contribution in [0.4, 0.5) is 0 Å². The van der Waals surface area contributed by atoms with Crippen molar-refractivity contribution in [1.82, 2.24) is 10.2 Å². The van der Waals surface area contributed by atoms with Crippen LogP contribution in [-0.4, -0.2) is 47.8 Å². The normalized spacial score (nSPS) is 22.6. The van der Waals surface area contributed by atoms with Crippen molar-refractivity contribution in [3.05, 3.63) is 51.2 Å². The second kappa shape index (κ2) is 8.14. The molecule has 0 aliphatic carbocycles. The lowest BCUT2D eigenvalue weighted by Crippen LogP contribution is -2.38. The standard InChI is InChI=1S/C17H15ClN2O4S3/c18-12-3-1-11(2-4-12)9-14-16(22)20(17(25)26-14)7-5-15(21)19-13-6-8-27(23,24)10-13/h1-4,6,8-9,13H,5,7,10H2,(H,19,21)/b14-9-/t13-/m1/s1. The summed E-state index contributed by atoms with van der Waals surface area (Å²) in [6.07, 6.45) is 3.20. The molecule has 1 saturated heterocycles. The number of carbonyl (C=O) groups is 2. The predicted octanol–water partition coefficient (Wildman–Crippen LogP) is 2.36. The summed E-state index contributed by atoms with van der Waals surface area (Å²) in [5.74, 6) is -0.725. The minimum atomic E-state index is -3.23. The molecule has 0 saturated carbocycles. The molecule has 2 aliphatic heterocycles. The Morgan fingerprint density at radius 1 is 1.37 bits per heavy atom. The van der Waals surface area contributed by atoms with Gasteiger partial charge in [-0.05, 0) is 29.8 Å². The number of hydrogen-bond acceptors (Lipinski definition) is 6. The van der Waals surface area contributed by atoms with Crippen LogP contribution in [0.15, 0.2) is 40.7 Å². The minimum absolute atomic E-state index is 0.0328. The van der Waals surface area contributed by atoms with Crippen LogP contribution < -0.4 is 5.32 Å². The second-order valence-electron chi connectivity index (χ2n) is 5.97. The van der Waals surface area contributed by atoms with E-state index < -0.39 is 15.9 Å². The average Bonchev–Trinajstić information content (AvgIpc) is 3.07. The van der Waals surface area contributed by atoms with Crippen LogP contribution in [0.25, 0.3) is 6.08 Å². The Labute approximate surface area is 171 Å². The molecule has 0 bridgehead atoms. The van der Waals surface area contributed by atoms with Crippen LogP contribution in [0, 0.1) is 0 Å². The first-order chi connectivity index (χ1) is 12.7. The fourth-order valence-electron chi connectivity index (χ4n) is 2.56. The number of halogens is 1. The van der Waals surface area contributed by atoms with E-state index in [0.29, 0.717) is 14.2 Å². The first-order valence-electron chi connectivity index (χ1n) is 7.95. The highest BCUT2D eigenvalue weighted by molar-refractivity contribution is 8.26. The van der Waals surface area contributed by atoms with Crippen molar-refractivity contribution >= 4 is 67.6 Å². The highest BCUT2D eigenvalue weighted by atomic mass is 35.5. The van der Waals surface area contributed by atoms with E-state index in [2.05, 4.69) is 5.32 Å². The van der Waals surface area contributed by atoms with Gasteiger partial charge in [0.15, 0.2) is 9.84 Å². The molecule has 1 fully saturated rings. The van der Waals surface area contributed by atoms with Gasteiger partial charge in [-0.15, -0.1) is 0 Å². The maximum Gasteiger partial charge on any atom is 0.266 e. The summed E-state index contributed by atoms with van der Waals surface area (Å²) >= 11 is 12.3. The van der Waals surface area contributed by atoms with Gasteiger partial charge in [0.05, 0.1) is 16.7 Å². The topological polar surface area (TPSA) is 83.6 Å². The van der Waals surface area contributed by atoms with Gasteiger partial charge in [-0.1, -0.05) is 47.7 Å².